The average molecular weight is 346 g/mol. The quantitative estimate of drug-likeness (QED) is 0.616. The maximum atomic E-state index is 12.8. The molecule has 0 bridgehead atoms. The minimum atomic E-state index is -0.270. The largest absolute Gasteiger partial charge is 0.306 e. The summed E-state index contributed by atoms with van der Waals surface area (Å²) in [5.41, 5.74) is 3.87. The lowest BCUT2D eigenvalue weighted by atomic mass is 10.1. The van der Waals surface area contributed by atoms with Crippen molar-refractivity contribution in [3.63, 3.8) is 0 Å². The Morgan fingerprint density at radius 3 is 2.92 bits per heavy atom. The van der Waals surface area contributed by atoms with Gasteiger partial charge in [-0.1, -0.05) is 25.1 Å². The minimum Gasteiger partial charge on any atom is -0.306 e. The van der Waals surface area contributed by atoms with Crippen LogP contribution in [0, 0.1) is 6.92 Å². The van der Waals surface area contributed by atoms with Gasteiger partial charge >= 0.3 is 0 Å². The molecule has 0 aliphatic rings. The maximum absolute atomic E-state index is 12.8. The number of benzene rings is 1. The molecule has 3 heterocycles. The highest BCUT2D eigenvalue weighted by Gasteiger charge is 2.17. The van der Waals surface area contributed by atoms with Crippen molar-refractivity contribution in [1.29, 1.82) is 0 Å². The highest BCUT2D eigenvalue weighted by Crippen LogP contribution is 2.22. The molecule has 1 N–H and O–H groups in total. The van der Waals surface area contributed by atoms with Gasteiger partial charge in [-0.15, -0.1) is 0 Å². The first-order valence-electron chi connectivity index (χ1n) is 8.42. The Bertz CT molecular complexity index is 1090. The Kier molecular flexibility index (Phi) is 3.96. The van der Waals surface area contributed by atoms with Gasteiger partial charge in [0.25, 0.3) is 5.91 Å². The molecular weight excluding hydrogens is 328 g/mol. The SMILES string of the molecule is CCc1ccccc1-n1nc(C)cc1NC(=O)c1cnn2cccnc12. The fourth-order valence-electron chi connectivity index (χ4n) is 2.96. The molecule has 0 aliphatic carbocycles. The summed E-state index contributed by atoms with van der Waals surface area (Å²) in [6, 6.07) is 11.6. The van der Waals surface area contributed by atoms with Crippen molar-refractivity contribution in [3.05, 3.63) is 71.8 Å². The van der Waals surface area contributed by atoms with Gasteiger partial charge in [-0.3, -0.25) is 4.79 Å². The molecule has 7 nitrogen and oxygen atoms in total. The van der Waals surface area contributed by atoms with Crippen molar-refractivity contribution in [3.8, 4) is 5.69 Å². The Morgan fingerprint density at radius 1 is 1.23 bits per heavy atom. The first kappa shape index (κ1) is 16.0. The first-order chi connectivity index (χ1) is 12.7. The number of nitrogens with one attached hydrogen (secondary N) is 1. The number of para-hydroxylation sites is 1. The van der Waals surface area contributed by atoms with Crippen LogP contribution in [0.1, 0.15) is 28.5 Å². The lowest BCUT2D eigenvalue weighted by molar-refractivity contribution is 0.102. The smallest absolute Gasteiger partial charge is 0.262 e. The number of carbonyl (C=O) groups is 1. The van der Waals surface area contributed by atoms with Gasteiger partial charge < -0.3 is 5.32 Å². The Morgan fingerprint density at radius 2 is 2.08 bits per heavy atom. The summed E-state index contributed by atoms with van der Waals surface area (Å²) in [6.45, 7) is 4.00. The molecule has 0 saturated carbocycles. The van der Waals surface area contributed by atoms with Gasteiger partial charge in [0, 0.05) is 18.5 Å². The minimum absolute atomic E-state index is 0.270. The van der Waals surface area contributed by atoms with Gasteiger partial charge in [-0.05, 0) is 31.0 Å². The molecule has 0 saturated heterocycles. The zero-order valence-electron chi connectivity index (χ0n) is 14.5. The molecule has 0 fully saturated rings. The van der Waals surface area contributed by atoms with Crippen molar-refractivity contribution in [1.82, 2.24) is 24.4 Å². The number of aromatic nitrogens is 5. The molecule has 4 aromatic rings. The van der Waals surface area contributed by atoms with Crippen LogP contribution in [0.5, 0.6) is 0 Å². The number of aryl methyl sites for hydroxylation is 2. The molecule has 26 heavy (non-hydrogen) atoms. The van der Waals surface area contributed by atoms with E-state index >= 15 is 0 Å². The summed E-state index contributed by atoms with van der Waals surface area (Å²) in [5.74, 6) is 0.345. The lowest BCUT2D eigenvalue weighted by Crippen LogP contribution is -2.15. The number of carbonyl (C=O) groups excluding carboxylic acids is 1. The fourth-order valence-corrected chi connectivity index (χ4v) is 2.96. The molecular formula is C19H18N6O. The van der Waals surface area contributed by atoms with Gasteiger partial charge in [0.15, 0.2) is 5.65 Å². The van der Waals surface area contributed by atoms with Crippen LogP contribution in [0.2, 0.25) is 0 Å². The highest BCUT2D eigenvalue weighted by atomic mass is 16.1. The van der Waals surface area contributed by atoms with E-state index in [0.29, 0.717) is 17.0 Å². The van der Waals surface area contributed by atoms with Gasteiger partial charge in [0.05, 0.1) is 17.6 Å². The lowest BCUT2D eigenvalue weighted by Gasteiger charge is -2.12. The van der Waals surface area contributed by atoms with Crippen molar-refractivity contribution < 1.29 is 4.79 Å². The maximum Gasteiger partial charge on any atom is 0.262 e. The molecule has 1 aromatic carbocycles. The molecule has 1 amide bonds. The summed E-state index contributed by atoms with van der Waals surface area (Å²) < 4.78 is 3.34. The molecule has 130 valence electrons. The number of fused-ring (bicyclic) bond motifs is 1. The number of anilines is 1. The van der Waals surface area contributed by atoms with E-state index in [2.05, 4.69) is 33.5 Å². The topological polar surface area (TPSA) is 77.1 Å². The van der Waals surface area contributed by atoms with Gasteiger partial charge in [0.1, 0.15) is 11.4 Å². The molecule has 0 aliphatic heterocycles. The number of hydrogen-bond donors (Lipinski definition) is 1. The van der Waals surface area contributed by atoms with Gasteiger partial charge in [-0.25, -0.2) is 14.2 Å². The van der Waals surface area contributed by atoms with Crippen molar-refractivity contribution in [2.75, 3.05) is 5.32 Å². The van der Waals surface area contributed by atoms with Gasteiger partial charge in [0.2, 0.25) is 0 Å². The number of hydrogen-bond acceptors (Lipinski definition) is 4. The van der Waals surface area contributed by atoms with Crippen LogP contribution in [0.4, 0.5) is 5.82 Å². The van der Waals surface area contributed by atoms with Crippen molar-refractivity contribution in [2.24, 2.45) is 0 Å². The standard InChI is InChI=1S/C19H18N6O/c1-3-14-7-4-5-8-16(14)25-17(11-13(2)23-25)22-19(26)15-12-21-24-10-6-9-20-18(15)24/h4-12H,3H2,1-2H3,(H,22,26). The van der Waals surface area contributed by atoms with Gasteiger partial charge in [-0.2, -0.15) is 10.2 Å². The Labute approximate surface area is 150 Å². The molecule has 0 spiro atoms. The monoisotopic (exact) mass is 346 g/mol. The fraction of sp³-hybridized carbons (Fsp3) is 0.158. The molecule has 0 unspecified atom stereocenters. The molecule has 3 aromatic heterocycles. The van der Waals surface area contributed by atoms with Crippen LogP contribution >= 0.6 is 0 Å². The normalized spacial score (nSPS) is 11.0. The Balaban J connectivity index is 1.72. The van der Waals surface area contributed by atoms with Crippen LogP contribution in [-0.2, 0) is 6.42 Å². The van der Waals surface area contributed by atoms with E-state index in [4.69, 9.17) is 0 Å². The third-order valence-corrected chi connectivity index (χ3v) is 4.20. The van der Waals surface area contributed by atoms with E-state index in [1.54, 1.807) is 27.7 Å². The summed E-state index contributed by atoms with van der Waals surface area (Å²) >= 11 is 0. The number of rotatable bonds is 4. The number of amides is 1. The van der Waals surface area contributed by atoms with Crippen LogP contribution in [-0.4, -0.2) is 30.3 Å². The molecule has 7 heteroatoms. The zero-order valence-corrected chi connectivity index (χ0v) is 14.5. The Hall–Kier alpha value is -3.48. The zero-order chi connectivity index (χ0) is 18.1. The molecule has 0 atom stereocenters. The third kappa shape index (κ3) is 2.73. The van der Waals surface area contributed by atoms with E-state index in [1.807, 2.05) is 31.2 Å². The van der Waals surface area contributed by atoms with Crippen molar-refractivity contribution in [2.45, 2.75) is 20.3 Å². The van der Waals surface area contributed by atoms with E-state index in [1.165, 1.54) is 6.20 Å². The second kappa shape index (κ2) is 6.44. The van der Waals surface area contributed by atoms with Crippen LogP contribution in [0.15, 0.2) is 55.0 Å². The van der Waals surface area contributed by atoms with E-state index in [0.717, 1.165) is 23.4 Å². The third-order valence-electron chi connectivity index (χ3n) is 4.20. The van der Waals surface area contributed by atoms with Crippen molar-refractivity contribution >= 4 is 17.4 Å². The highest BCUT2D eigenvalue weighted by molar-refractivity contribution is 6.07. The van der Waals surface area contributed by atoms with E-state index < -0.39 is 0 Å². The van der Waals surface area contributed by atoms with Crippen LogP contribution in [0.25, 0.3) is 11.3 Å². The van der Waals surface area contributed by atoms with E-state index in [-0.39, 0.29) is 5.91 Å². The summed E-state index contributed by atoms with van der Waals surface area (Å²) in [4.78, 5) is 17.0. The van der Waals surface area contributed by atoms with Crippen LogP contribution in [0.3, 0.4) is 0 Å². The molecule has 0 radical (unpaired) electrons. The molecule has 4 rings (SSSR count). The summed E-state index contributed by atoms with van der Waals surface area (Å²) in [5, 5.41) is 11.7. The average Bonchev–Trinajstić information content (AvgIpc) is 3.25. The first-order valence-corrected chi connectivity index (χ1v) is 8.42. The van der Waals surface area contributed by atoms with E-state index in [9.17, 15) is 4.79 Å². The second-order valence-corrected chi connectivity index (χ2v) is 5.97. The predicted molar refractivity (Wildman–Crippen MR) is 98.6 cm³/mol. The van der Waals surface area contributed by atoms with Crippen LogP contribution < -0.4 is 5.32 Å². The summed E-state index contributed by atoms with van der Waals surface area (Å²) in [7, 11) is 0. The second-order valence-electron chi connectivity index (χ2n) is 5.97. The number of nitrogens with zero attached hydrogens (tertiary/aromatic N) is 5. The summed E-state index contributed by atoms with van der Waals surface area (Å²) in [6.07, 6.45) is 5.79. The predicted octanol–water partition coefficient (Wildman–Crippen LogP) is 3.04.